The molecule has 0 fully saturated rings. The second-order valence-electron chi connectivity index (χ2n) is 3.00. The topological polar surface area (TPSA) is 73.4 Å². The first-order valence-electron chi connectivity index (χ1n) is 4.05. The molecule has 0 heterocycles. The normalized spacial score (nSPS) is 16.8. The van der Waals surface area contributed by atoms with E-state index in [4.69, 9.17) is 10.5 Å². The maximum absolute atomic E-state index is 11.5. The Morgan fingerprint density at radius 3 is 2.93 bits per heavy atom. The van der Waals surface area contributed by atoms with Crippen LogP contribution >= 0.6 is 0 Å². The van der Waals surface area contributed by atoms with Gasteiger partial charge < -0.3 is 5.21 Å². The van der Waals surface area contributed by atoms with Gasteiger partial charge in [0.2, 0.25) is 5.78 Å². The zero-order valence-electron chi connectivity index (χ0n) is 7.19. The lowest BCUT2D eigenvalue weighted by Gasteiger charge is -1.96. The van der Waals surface area contributed by atoms with E-state index in [1.807, 2.05) is 6.07 Å². The number of nitrogens with zero attached hydrogens (tertiary/aromatic N) is 2. The van der Waals surface area contributed by atoms with Gasteiger partial charge in [0.25, 0.3) is 0 Å². The second kappa shape index (κ2) is 2.96. The van der Waals surface area contributed by atoms with Crippen LogP contribution in [-0.4, -0.2) is 16.7 Å². The number of ketones is 1. The summed E-state index contributed by atoms with van der Waals surface area (Å²) in [6.45, 7) is 0. The molecule has 1 aliphatic rings. The second-order valence-corrected chi connectivity index (χ2v) is 3.00. The Morgan fingerprint density at radius 2 is 2.29 bits per heavy atom. The van der Waals surface area contributed by atoms with Gasteiger partial charge in [0.1, 0.15) is 5.71 Å². The number of hydrogen-bond donors (Lipinski definition) is 1. The fourth-order valence-electron chi connectivity index (χ4n) is 1.58. The molecule has 0 spiro atoms. The Hall–Kier alpha value is -2.15. The summed E-state index contributed by atoms with van der Waals surface area (Å²) in [6.07, 6.45) is 0.244. The smallest absolute Gasteiger partial charge is 0.211 e. The van der Waals surface area contributed by atoms with Gasteiger partial charge in [0.15, 0.2) is 0 Å². The number of oxime groups is 1. The van der Waals surface area contributed by atoms with E-state index in [0.717, 1.165) is 0 Å². The van der Waals surface area contributed by atoms with Gasteiger partial charge in [0.05, 0.1) is 11.6 Å². The number of carbonyl (C=O) groups excluding carboxylic acids is 1. The van der Waals surface area contributed by atoms with Crippen LogP contribution in [0.4, 0.5) is 0 Å². The van der Waals surface area contributed by atoms with Crippen LogP contribution in [0.1, 0.15) is 21.5 Å². The summed E-state index contributed by atoms with van der Waals surface area (Å²) in [5.74, 6) is -0.292. The minimum atomic E-state index is -0.292. The molecular weight excluding hydrogens is 180 g/mol. The molecule has 4 nitrogen and oxygen atoms in total. The summed E-state index contributed by atoms with van der Waals surface area (Å²) in [5, 5.41) is 20.3. The van der Waals surface area contributed by atoms with Crippen molar-refractivity contribution < 1.29 is 10.0 Å². The van der Waals surface area contributed by atoms with Crippen LogP contribution in [0, 0.1) is 11.3 Å². The van der Waals surface area contributed by atoms with Gasteiger partial charge in [-0.2, -0.15) is 5.26 Å². The zero-order valence-corrected chi connectivity index (χ0v) is 7.19. The molecule has 4 heteroatoms. The minimum absolute atomic E-state index is 0.0997. The fourth-order valence-corrected chi connectivity index (χ4v) is 1.58. The van der Waals surface area contributed by atoms with Crippen LogP contribution in [0.15, 0.2) is 23.4 Å². The van der Waals surface area contributed by atoms with Crippen molar-refractivity contribution in [3.63, 3.8) is 0 Å². The summed E-state index contributed by atoms with van der Waals surface area (Å²) in [4.78, 5) is 11.5. The van der Waals surface area contributed by atoms with Crippen LogP contribution in [0.2, 0.25) is 0 Å². The van der Waals surface area contributed by atoms with E-state index in [2.05, 4.69) is 5.16 Å². The van der Waals surface area contributed by atoms with E-state index >= 15 is 0 Å². The quantitative estimate of drug-likeness (QED) is 0.487. The van der Waals surface area contributed by atoms with Crippen molar-refractivity contribution in [1.82, 2.24) is 0 Å². The first-order valence-corrected chi connectivity index (χ1v) is 4.05. The zero-order chi connectivity index (χ0) is 10.1. The number of fused-ring (bicyclic) bond motifs is 1. The average molecular weight is 186 g/mol. The van der Waals surface area contributed by atoms with Crippen molar-refractivity contribution >= 4 is 11.5 Å². The predicted molar refractivity (Wildman–Crippen MR) is 48.4 cm³/mol. The van der Waals surface area contributed by atoms with Crippen molar-refractivity contribution in [2.24, 2.45) is 5.16 Å². The molecule has 0 atom stereocenters. The highest BCUT2D eigenvalue weighted by molar-refractivity contribution is 6.49. The third kappa shape index (κ3) is 0.995. The van der Waals surface area contributed by atoms with E-state index in [1.54, 1.807) is 18.2 Å². The van der Waals surface area contributed by atoms with Crippen molar-refractivity contribution in [1.29, 1.82) is 5.26 Å². The Labute approximate surface area is 80.1 Å². The van der Waals surface area contributed by atoms with E-state index in [9.17, 15) is 4.79 Å². The predicted octanol–water partition coefficient (Wildman–Crippen LogP) is 1.13. The van der Waals surface area contributed by atoms with Gasteiger partial charge in [-0.15, -0.1) is 0 Å². The van der Waals surface area contributed by atoms with Gasteiger partial charge in [0, 0.05) is 12.0 Å². The van der Waals surface area contributed by atoms with Gasteiger partial charge in [-0.05, 0) is 11.6 Å². The summed E-state index contributed by atoms with van der Waals surface area (Å²) in [5.41, 5.74) is 1.70. The first kappa shape index (κ1) is 8.45. The molecule has 2 rings (SSSR count). The Balaban J connectivity index is 2.65. The highest BCUT2D eigenvalue weighted by atomic mass is 16.4. The molecule has 14 heavy (non-hydrogen) atoms. The largest absolute Gasteiger partial charge is 0.411 e. The van der Waals surface area contributed by atoms with Crippen LogP contribution in [0.25, 0.3) is 0 Å². The molecule has 0 saturated carbocycles. The lowest BCUT2D eigenvalue weighted by molar-refractivity contribution is 0.106. The number of hydrogen-bond acceptors (Lipinski definition) is 4. The first-order chi connectivity index (χ1) is 6.77. The van der Waals surface area contributed by atoms with Crippen LogP contribution < -0.4 is 0 Å². The molecule has 68 valence electrons. The van der Waals surface area contributed by atoms with E-state index in [0.29, 0.717) is 16.7 Å². The highest BCUT2D eigenvalue weighted by Gasteiger charge is 2.28. The molecule has 1 N–H and O–H groups in total. The minimum Gasteiger partial charge on any atom is -0.411 e. The molecule has 0 radical (unpaired) electrons. The molecular formula is C10H6N2O2. The summed E-state index contributed by atoms with van der Waals surface area (Å²) in [6, 6.07) is 6.93. The number of rotatable bonds is 0. The molecule has 0 saturated heterocycles. The molecule has 0 aliphatic heterocycles. The highest BCUT2D eigenvalue weighted by Crippen LogP contribution is 2.23. The monoisotopic (exact) mass is 186 g/mol. The van der Waals surface area contributed by atoms with Crippen LogP contribution in [0.3, 0.4) is 0 Å². The lowest BCUT2D eigenvalue weighted by atomic mass is 10.0. The lowest BCUT2D eigenvalue weighted by Crippen LogP contribution is -2.06. The molecule has 1 aliphatic carbocycles. The SMILES string of the molecule is N#Cc1cccc2c1C/C(=N/O)C2=O. The van der Waals surface area contributed by atoms with Gasteiger partial charge in [-0.25, -0.2) is 0 Å². The Bertz CT molecular complexity index is 483. The van der Waals surface area contributed by atoms with Crippen molar-refractivity contribution in [3.05, 3.63) is 34.9 Å². The summed E-state index contributed by atoms with van der Waals surface area (Å²) in [7, 11) is 0. The number of carbonyl (C=O) groups is 1. The summed E-state index contributed by atoms with van der Waals surface area (Å²) < 4.78 is 0. The molecule has 0 bridgehead atoms. The van der Waals surface area contributed by atoms with Crippen molar-refractivity contribution in [3.8, 4) is 6.07 Å². The fraction of sp³-hybridized carbons (Fsp3) is 0.100. The van der Waals surface area contributed by atoms with Gasteiger partial charge in [-0.1, -0.05) is 17.3 Å². The number of nitriles is 1. The Kier molecular flexibility index (Phi) is 1.79. The number of benzene rings is 1. The van der Waals surface area contributed by atoms with Crippen LogP contribution in [-0.2, 0) is 6.42 Å². The van der Waals surface area contributed by atoms with Gasteiger partial charge >= 0.3 is 0 Å². The summed E-state index contributed by atoms with van der Waals surface area (Å²) >= 11 is 0. The standard InChI is InChI=1S/C10H6N2O2/c11-5-6-2-1-3-7-8(6)4-9(12-14)10(7)13/h1-3,14H,4H2/b12-9-. The Morgan fingerprint density at radius 1 is 1.50 bits per heavy atom. The average Bonchev–Trinajstić information content (AvgIpc) is 2.55. The van der Waals surface area contributed by atoms with E-state index in [1.165, 1.54) is 0 Å². The third-order valence-electron chi connectivity index (χ3n) is 2.27. The van der Waals surface area contributed by atoms with Crippen LogP contribution in [0.5, 0.6) is 0 Å². The van der Waals surface area contributed by atoms with E-state index in [-0.39, 0.29) is 17.9 Å². The molecule has 0 amide bonds. The maximum atomic E-state index is 11.5. The molecule has 0 aromatic heterocycles. The van der Waals surface area contributed by atoms with E-state index < -0.39 is 0 Å². The molecule has 1 aromatic rings. The van der Waals surface area contributed by atoms with Crippen molar-refractivity contribution in [2.75, 3.05) is 0 Å². The van der Waals surface area contributed by atoms with Gasteiger partial charge in [-0.3, -0.25) is 4.79 Å². The molecule has 0 unspecified atom stereocenters. The third-order valence-corrected chi connectivity index (χ3v) is 2.27. The maximum Gasteiger partial charge on any atom is 0.211 e. The van der Waals surface area contributed by atoms with Crippen molar-refractivity contribution in [2.45, 2.75) is 6.42 Å². The number of Topliss-reactive ketones (excluding diaryl/α,β-unsaturated/α-hetero) is 1. The molecule has 1 aromatic carbocycles.